The Morgan fingerprint density at radius 2 is 2.42 bits per heavy atom. The summed E-state index contributed by atoms with van der Waals surface area (Å²) in [6.07, 6.45) is 2.60. The lowest BCUT2D eigenvalue weighted by atomic mass is 9.98. The van der Waals surface area contributed by atoms with Crippen LogP contribution in [-0.4, -0.2) is 13.1 Å². The minimum Gasteiger partial charge on any atom is -0.316 e. The molecule has 0 aromatic carbocycles. The van der Waals surface area contributed by atoms with Crippen molar-refractivity contribution in [3.8, 4) is 0 Å². The van der Waals surface area contributed by atoms with Crippen LogP contribution in [0.1, 0.15) is 23.6 Å². The molecular weight excluding hydrogens is 190 g/mol. The third-order valence-electron chi connectivity index (χ3n) is 2.29. The molecule has 1 saturated heterocycles. The zero-order valence-corrected chi connectivity index (χ0v) is 8.42. The summed E-state index contributed by atoms with van der Waals surface area (Å²) in [5.41, 5.74) is 0. The van der Waals surface area contributed by atoms with Gasteiger partial charge in [-0.3, -0.25) is 0 Å². The van der Waals surface area contributed by atoms with Crippen LogP contribution in [-0.2, 0) is 0 Å². The number of thiophene rings is 1. The van der Waals surface area contributed by atoms with Gasteiger partial charge in [0.25, 0.3) is 0 Å². The lowest BCUT2D eigenvalue weighted by Crippen LogP contribution is -2.27. The van der Waals surface area contributed by atoms with Crippen LogP contribution in [0.3, 0.4) is 0 Å². The van der Waals surface area contributed by atoms with Crippen molar-refractivity contribution in [3.63, 3.8) is 0 Å². The van der Waals surface area contributed by atoms with Crippen molar-refractivity contribution in [2.75, 3.05) is 13.1 Å². The van der Waals surface area contributed by atoms with E-state index in [9.17, 15) is 0 Å². The number of rotatable bonds is 1. The summed E-state index contributed by atoms with van der Waals surface area (Å²) in [5.74, 6) is 0.705. The van der Waals surface area contributed by atoms with Crippen molar-refractivity contribution >= 4 is 22.9 Å². The van der Waals surface area contributed by atoms with Gasteiger partial charge in [0.2, 0.25) is 0 Å². The Labute approximate surface area is 81.7 Å². The molecule has 0 spiro atoms. The third-order valence-corrected chi connectivity index (χ3v) is 3.69. The highest BCUT2D eigenvalue weighted by Crippen LogP contribution is 2.31. The van der Waals surface area contributed by atoms with Gasteiger partial charge in [0.1, 0.15) is 0 Å². The van der Waals surface area contributed by atoms with Crippen LogP contribution in [0.5, 0.6) is 0 Å². The minimum atomic E-state index is 0.705. The van der Waals surface area contributed by atoms with Crippen LogP contribution in [0.4, 0.5) is 0 Å². The number of nitrogens with one attached hydrogen (secondary N) is 1. The standard InChI is InChI=1S/C9H12ClNS/c10-9-4-3-8(12-9)7-2-1-5-11-6-7/h3-4,7,11H,1-2,5-6H2. The van der Waals surface area contributed by atoms with Crippen LogP contribution in [0.15, 0.2) is 12.1 Å². The van der Waals surface area contributed by atoms with Gasteiger partial charge in [0, 0.05) is 17.3 Å². The lowest BCUT2D eigenvalue weighted by Gasteiger charge is -2.21. The molecule has 0 saturated carbocycles. The maximum Gasteiger partial charge on any atom is 0.0931 e. The first-order valence-corrected chi connectivity index (χ1v) is 5.51. The van der Waals surface area contributed by atoms with Crippen LogP contribution < -0.4 is 5.32 Å². The van der Waals surface area contributed by atoms with Gasteiger partial charge in [-0.1, -0.05) is 11.6 Å². The summed E-state index contributed by atoms with van der Waals surface area (Å²) >= 11 is 7.60. The molecule has 1 aliphatic heterocycles. The van der Waals surface area contributed by atoms with E-state index in [2.05, 4.69) is 11.4 Å². The van der Waals surface area contributed by atoms with Gasteiger partial charge in [-0.05, 0) is 31.5 Å². The SMILES string of the molecule is Clc1ccc(C2CCCNC2)s1. The summed E-state index contributed by atoms with van der Waals surface area (Å²) in [6.45, 7) is 2.30. The highest BCUT2D eigenvalue weighted by molar-refractivity contribution is 7.16. The van der Waals surface area contributed by atoms with Crippen molar-refractivity contribution in [1.82, 2.24) is 5.32 Å². The predicted octanol–water partition coefficient (Wildman–Crippen LogP) is 2.87. The molecule has 0 bridgehead atoms. The Morgan fingerprint density at radius 3 is 3.00 bits per heavy atom. The van der Waals surface area contributed by atoms with Crippen molar-refractivity contribution < 1.29 is 0 Å². The Hall–Kier alpha value is -0.0500. The van der Waals surface area contributed by atoms with Crippen molar-refractivity contribution in [2.45, 2.75) is 18.8 Å². The molecule has 1 aromatic heterocycles. The summed E-state index contributed by atoms with van der Waals surface area (Å²) in [7, 11) is 0. The molecule has 0 aliphatic carbocycles. The Balaban J connectivity index is 2.08. The maximum atomic E-state index is 5.88. The fourth-order valence-electron chi connectivity index (χ4n) is 1.64. The molecule has 1 fully saturated rings. The summed E-state index contributed by atoms with van der Waals surface area (Å²) < 4.78 is 0.913. The third kappa shape index (κ3) is 1.82. The van der Waals surface area contributed by atoms with E-state index in [1.807, 2.05) is 6.07 Å². The quantitative estimate of drug-likeness (QED) is 0.737. The zero-order chi connectivity index (χ0) is 8.39. The second-order valence-electron chi connectivity index (χ2n) is 3.19. The average molecular weight is 202 g/mol. The first-order chi connectivity index (χ1) is 5.86. The zero-order valence-electron chi connectivity index (χ0n) is 6.85. The van der Waals surface area contributed by atoms with E-state index in [4.69, 9.17) is 11.6 Å². The van der Waals surface area contributed by atoms with Gasteiger partial charge in [-0.2, -0.15) is 0 Å². The van der Waals surface area contributed by atoms with Gasteiger partial charge in [0.15, 0.2) is 0 Å². The molecule has 66 valence electrons. The molecule has 1 atom stereocenters. The first kappa shape index (κ1) is 8.54. The molecule has 1 nitrogen and oxygen atoms in total. The highest BCUT2D eigenvalue weighted by atomic mass is 35.5. The highest BCUT2D eigenvalue weighted by Gasteiger charge is 2.16. The number of hydrogen-bond donors (Lipinski definition) is 1. The molecular formula is C9H12ClNS. The molecule has 0 amide bonds. The van der Waals surface area contributed by atoms with Gasteiger partial charge < -0.3 is 5.32 Å². The topological polar surface area (TPSA) is 12.0 Å². The molecule has 2 heterocycles. The molecule has 12 heavy (non-hydrogen) atoms. The Kier molecular flexibility index (Phi) is 2.69. The molecule has 1 aliphatic rings. The maximum absolute atomic E-state index is 5.88. The van der Waals surface area contributed by atoms with E-state index in [0.29, 0.717) is 5.92 Å². The molecule has 1 N–H and O–H groups in total. The average Bonchev–Trinajstić information content (AvgIpc) is 2.54. The number of piperidine rings is 1. The fourth-order valence-corrected chi connectivity index (χ4v) is 2.84. The molecule has 1 unspecified atom stereocenters. The Bertz CT molecular complexity index is 253. The van der Waals surface area contributed by atoms with Crippen molar-refractivity contribution in [3.05, 3.63) is 21.3 Å². The van der Waals surface area contributed by atoms with Crippen molar-refractivity contribution in [1.29, 1.82) is 0 Å². The van der Waals surface area contributed by atoms with Gasteiger partial charge in [0.05, 0.1) is 4.34 Å². The van der Waals surface area contributed by atoms with E-state index >= 15 is 0 Å². The Morgan fingerprint density at radius 1 is 1.50 bits per heavy atom. The molecule has 2 rings (SSSR count). The van der Waals surface area contributed by atoms with E-state index < -0.39 is 0 Å². The van der Waals surface area contributed by atoms with E-state index in [0.717, 1.165) is 10.9 Å². The lowest BCUT2D eigenvalue weighted by molar-refractivity contribution is 0.466. The van der Waals surface area contributed by atoms with Gasteiger partial charge in [-0.25, -0.2) is 0 Å². The van der Waals surface area contributed by atoms with Gasteiger partial charge >= 0.3 is 0 Å². The molecule has 0 radical (unpaired) electrons. The summed E-state index contributed by atoms with van der Waals surface area (Å²) in [4.78, 5) is 1.44. The smallest absolute Gasteiger partial charge is 0.0931 e. The number of hydrogen-bond acceptors (Lipinski definition) is 2. The van der Waals surface area contributed by atoms with Crippen LogP contribution in [0.2, 0.25) is 4.34 Å². The largest absolute Gasteiger partial charge is 0.316 e. The molecule has 1 aromatic rings. The summed E-state index contributed by atoms with van der Waals surface area (Å²) in [5, 5.41) is 3.41. The molecule has 3 heteroatoms. The van der Waals surface area contributed by atoms with Crippen molar-refractivity contribution in [2.24, 2.45) is 0 Å². The summed E-state index contributed by atoms with van der Waals surface area (Å²) in [6, 6.07) is 4.15. The van der Waals surface area contributed by atoms with E-state index in [1.165, 1.54) is 24.3 Å². The minimum absolute atomic E-state index is 0.705. The normalized spacial score (nSPS) is 24.2. The monoisotopic (exact) mass is 201 g/mol. The second-order valence-corrected chi connectivity index (χ2v) is 4.93. The van der Waals surface area contributed by atoms with E-state index in [-0.39, 0.29) is 0 Å². The van der Waals surface area contributed by atoms with Crippen LogP contribution >= 0.6 is 22.9 Å². The van der Waals surface area contributed by atoms with Crippen LogP contribution in [0, 0.1) is 0 Å². The predicted molar refractivity (Wildman–Crippen MR) is 54.2 cm³/mol. The van der Waals surface area contributed by atoms with Crippen LogP contribution in [0.25, 0.3) is 0 Å². The fraction of sp³-hybridized carbons (Fsp3) is 0.556. The number of halogens is 1. The van der Waals surface area contributed by atoms with Gasteiger partial charge in [-0.15, -0.1) is 11.3 Å². The first-order valence-electron chi connectivity index (χ1n) is 4.32. The second kappa shape index (κ2) is 3.77. The van der Waals surface area contributed by atoms with E-state index in [1.54, 1.807) is 11.3 Å².